The molecule has 0 saturated heterocycles. The summed E-state index contributed by atoms with van der Waals surface area (Å²) >= 11 is 0. The highest BCUT2D eigenvalue weighted by molar-refractivity contribution is 5.29. The first-order valence-corrected chi connectivity index (χ1v) is 4.33. The second-order valence-corrected chi connectivity index (χ2v) is 3.03. The van der Waals surface area contributed by atoms with E-state index in [-0.39, 0.29) is 6.10 Å². The van der Waals surface area contributed by atoms with Crippen molar-refractivity contribution in [3.63, 3.8) is 0 Å². The molecule has 0 amide bonds. The van der Waals surface area contributed by atoms with Gasteiger partial charge in [0.15, 0.2) is 5.75 Å². The number of benzene rings is 1. The fraction of sp³-hybridized carbons (Fsp3) is 0.400. The summed E-state index contributed by atoms with van der Waals surface area (Å²) in [6.07, 6.45) is 2.23. The van der Waals surface area contributed by atoms with Gasteiger partial charge in [-0.3, -0.25) is 0 Å². The van der Waals surface area contributed by atoms with Crippen LogP contribution in [-0.4, -0.2) is 0 Å². The van der Waals surface area contributed by atoms with Crippen LogP contribution in [0.25, 0.3) is 0 Å². The summed E-state index contributed by atoms with van der Waals surface area (Å²) in [4.78, 5) is 10.3. The van der Waals surface area contributed by atoms with Gasteiger partial charge in [0.25, 0.3) is 0 Å². The SMILES string of the molecule is CCCC1OOc2ccc1cc2. The largest absolute Gasteiger partial charge is 0.337 e. The van der Waals surface area contributed by atoms with Gasteiger partial charge in [0.1, 0.15) is 6.10 Å². The molecule has 0 aromatic heterocycles. The van der Waals surface area contributed by atoms with Crippen LogP contribution in [0.4, 0.5) is 0 Å². The first kappa shape index (κ1) is 7.62. The fourth-order valence-corrected chi connectivity index (χ4v) is 1.38. The van der Waals surface area contributed by atoms with Crippen molar-refractivity contribution in [1.29, 1.82) is 0 Å². The molecular formula is C10H12O2. The van der Waals surface area contributed by atoms with E-state index >= 15 is 0 Å². The van der Waals surface area contributed by atoms with Crippen LogP contribution in [0.3, 0.4) is 0 Å². The zero-order chi connectivity index (χ0) is 8.39. The molecule has 1 atom stereocenters. The van der Waals surface area contributed by atoms with E-state index in [1.54, 1.807) is 0 Å². The lowest BCUT2D eigenvalue weighted by atomic mass is 10.1. The average molecular weight is 164 g/mol. The minimum absolute atomic E-state index is 0.113. The molecule has 2 aliphatic rings. The molecule has 0 radical (unpaired) electrons. The second kappa shape index (κ2) is 3.15. The van der Waals surface area contributed by atoms with E-state index in [1.807, 2.05) is 12.1 Å². The Bertz CT molecular complexity index is 253. The third kappa shape index (κ3) is 1.30. The zero-order valence-corrected chi connectivity index (χ0v) is 7.12. The third-order valence-electron chi connectivity index (χ3n) is 2.06. The maximum atomic E-state index is 5.23. The molecule has 3 rings (SSSR count). The van der Waals surface area contributed by atoms with Gasteiger partial charge in [-0.25, -0.2) is 0 Å². The molecule has 2 heterocycles. The van der Waals surface area contributed by atoms with Gasteiger partial charge >= 0.3 is 0 Å². The van der Waals surface area contributed by atoms with Gasteiger partial charge in [0, 0.05) is 0 Å². The van der Waals surface area contributed by atoms with E-state index in [2.05, 4.69) is 19.1 Å². The maximum absolute atomic E-state index is 5.23. The Morgan fingerprint density at radius 3 is 2.67 bits per heavy atom. The topological polar surface area (TPSA) is 18.5 Å². The summed E-state index contributed by atoms with van der Waals surface area (Å²) in [6, 6.07) is 7.99. The van der Waals surface area contributed by atoms with Crippen molar-refractivity contribution >= 4 is 0 Å². The second-order valence-electron chi connectivity index (χ2n) is 3.03. The van der Waals surface area contributed by atoms with E-state index in [0.717, 1.165) is 18.6 Å². The summed E-state index contributed by atoms with van der Waals surface area (Å²) in [5, 5.41) is 0. The zero-order valence-electron chi connectivity index (χ0n) is 7.12. The van der Waals surface area contributed by atoms with Gasteiger partial charge in [-0.15, -0.1) is 0 Å². The normalized spacial score (nSPS) is 20.2. The van der Waals surface area contributed by atoms with E-state index < -0.39 is 0 Å². The van der Waals surface area contributed by atoms with Crippen molar-refractivity contribution in [2.24, 2.45) is 0 Å². The van der Waals surface area contributed by atoms with Crippen molar-refractivity contribution < 1.29 is 9.78 Å². The monoisotopic (exact) mass is 164 g/mol. The van der Waals surface area contributed by atoms with Crippen molar-refractivity contribution in [1.82, 2.24) is 0 Å². The molecule has 1 unspecified atom stereocenters. The summed E-state index contributed by atoms with van der Waals surface area (Å²) in [6.45, 7) is 2.14. The fourth-order valence-electron chi connectivity index (χ4n) is 1.38. The Morgan fingerprint density at radius 2 is 2.00 bits per heavy atom. The maximum Gasteiger partial charge on any atom is 0.165 e. The number of rotatable bonds is 2. The Balaban J connectivity index is 2.22. The number of fused-ring (bicyclic) bond motifs is 4. The van der Waals surface area contributed by atoms with Crippen molar-refractivity contribution in [2.45, 2.75) is 25.9 Å². The third-order valence-corrected chi connectivity index (χ3v) is 2.06. The van der Waals surface area contributed by atoms with Gasteiger partial charge in [-0.1, -0.05) is 25.5 Å². The van der Waals surface area contributed by atoms with Crippen LogP contribution in [0.1, 0.15) is 31.4 Å². The predicted octanol–water partition coefficient (Wildman–Crippen LogP) is 2.85. The summed E-state index contributed by atoms with van der Waals surface area (Å²) < 4.78 is 0. The molecule has 2 bridgehead atoms. The molecule has 12 heavy (non-hydrogen) atoms. The molecule has 2 heteroatoms. The smallest absolute Gasteiger partial charge is 0.165 e. The highest BCUT2D eigenvalue weighted by atomic mass is 17.2. The molecular weight excluding hydrogens is 152 g/mol. The summed E-state index contributed by atoms with van der Waals surface area (Å²) in [5.74, 6) is 0.789. The van der Waals surface area contributed by atoms with Crippen molar-refractivity contribution in [3.05, 3.63) is 29.8 Å². The lowest BCUT2D eigenvalue weighted by Gasteiger charge is -2.11. The number of hydrogen-bond acceptors (Lipinski definition) is 2. The Hall–Kier alpha value is -1.02. The summed E-state index contributed by atoms with van der Waals surface area (Å²) in [7, 11) is 0. The molecule has 0 N–H and O–H groups in total. The lowest BCUT2D eigenvalue weighted by molar-refractivity contribution is -0.247. The van der Waals surface area contributed by atoms with Gasteiger partial charge in [0.2, 0.25) is 0 Å². The van der Waals surface area contributed by atoms with Crippen LogP contribution in [0.5, 0.6) is 5.75 Å². The van der Waals surface area contributed by atoms with Crippen LogP contribution in [0, 0.1) is 0 Å². The van der Waals surface area contributed by atoms with Gasteiger partial charge in [-0.05, 0) is 24.1 Å². The highest BCUT2D eigenvalue weighted by Crippen LogP contribution is 2.29. The molecule has 1 aromatic carbocycles. The molecule has 2 aliphatic heterocycles. The van der Waals surface area contributed by atoms with Crippen molar-refractivity contribution in [3.8, 4) is 5.75 Å². The van der Waals surface area contributed by atoms with E-state index in [0.29, 0.717) is 0 Å². The Labute approximate surface area is 72.0 Å². The van der Waals surface area contributed by atoms with Crippen LogP contribution in [0.2, 0.25) is 0 Å². The van der Waals surface area contributed by atoms with Crippen LogP contribution in [-0.2, 0) is 4.89 Å². The van der Waals surface area contributed by atoms with Gasteiger partial charge < -0.3 is 4.89 Å². The molecule has 64 valence electrons. The summed E-state index contributed by atoms with van der Waals surface area (Å²) in [5.41, 5.74) is 1.21. The van der Waals surface area contributed by atoms with E-state index in [1.165, 1.54) is 5.56 Å². The molecule has 1 aromatic rings. The molecule has 0 saturated carbocycles. The minimum Gasteiger partial charge on any atom is -0.337 e. The highest BCUT2D eigenvalue weighted by Gasteiger charge is 2.16. The van der Waals surface area contributed by atoms with E-state index in [9.17, 15) is 0 Å². The molecule has 0 aliphatic carbocycles. The molecule has 2 nitrogen and oxygen atoms in total. The van der Waals surface area contributed by atoms with Crippen LogP contribution < -0.4 is 4.89 Å². The molecule has 0 spiro atoms. The van der Waals surface area contributed by atoms with Crippen LogP contribution >= 0.6 is 0 Å². The quantitative estimate of drug-likeness (QED) is 0.626. The van der Waals surface area contributed by atoms with E-state index in [4.69, 9.17) is 9.78 Å². The standard InChI is InChI=1S/C10H12O2/c1-2-3-10-8-4-6-9(7-5-8)11-12-10/h4-7,10H,2-3H2,1H3. The Kier molecular flexibility index (Phi) is 2.00. The van der Waals surface area contributed by atoms with Crippen molar-refractivity contribution in [2.75, 3.05) is 0 Å². The lowest BCUT2D eigenvalue weighted by Crippen LogP contribution is -2.03. The van der Waals surface area contributed by atoms with Crippen LogP contribution in [0.15, 0.2) is 24.3 Å². The predicted molar refractivity (Wildman–Crippen MR) is 45.8 cm³/mol. The average Bonchev–Trinajstić information content (AvgIpc) is 2.40. The van der Waals surface area contributed by atoms with Gasteiger partial charge in [-0.2, -0.15) is 4.89 Å². The number of hydrogen-bond donors (Lipinski definition) is 0. The molecule has 0 fully saturated rings. The van der Waals surface area contributed by atoms with Gasteiger partial charge in [0.05, 0.1) is 0 Å². The Morgan fingerprint density at radius 1 is 1.25 bits per heavy atom. The minimum atomic E-state index is 0.113. The first-order chi connectivity index (χ1) is 5.90. The first-order valence-electron chi connectivity index (χ1n) is 4.33.